The number of hydrogen-bond acceptors (Lipinski definition) is 5. The first kappa shape index (κ1) is 14.8. The van der Waals surface area contributed by atoms with Gasteiger partial charge in [-0.05, 0) is 13.0 Å². The molecule has 0 aliphatic carbocycles. The minimum Gasteiger partial charge on any atom is -0.466 e. The van der Waals surface area contributed by atoms with Crippen LogP contribution < -0.4 is 0 Å². The maximum atomic E-state index is 11.3. The molecule has 2 heterocycles. The molecule has 108 valence electrons. The quantitative estimate of drug-likeness (QED) is 0.728. The highest BCUT2D eigenvalue weighted by atomic mass is 35.5. The predicted octanol–water partition coefficient (Wildman–Crippen LogP) is 1.56. The van der Waals surface area contributed by atoms with Gasteiger partial charge in [0.05, 0.1) is 24.2 Å². The molecule has 0 amide bonds. The van der Waals surface area contributed by atoms with Crippen molar-refractivity contribution in [1.82, 2.24) is 9.97 Å². The molecule has 20 heavy (non-hydrogen) atoms. The normalized spacial score (nSPS) is 14.2. The van der Waals surface area contributed by atoms with E-state index in [1.54, 1.807) is 13.0 Å². The number of aliphatic hydroxyl groups is 2. The third-order valence-electron chi connectivity index (χ3n) is 2.92. The van der Waals surface area contributed by atoms with E-state index < -0.39 is 18.2 Å². The lowest BCUT2D eigenvalue weighted by Gasteiger charge is -2.16. The van der Waals surface area contributed by atoms with Crippen LogP contribution in [0.15, 0.2) is 18.5 Å². The summed E-state index contributed by atoms with van der Waals surface area (Å²) in [7, 11) is 0. The molecule has 0 saturated heterocycles. The van der Waals surface area contributed by atoms with Crippen LogP contribution in [-0.4, -0.2) is 38.9 Å². The van der Waals surface area contributed by atoms with Gasteiger partial charge < -0.3 is 19.9 Å². The summed E-state index contributed by atoms with van der Waals surface area (Å²) >= 11 is 6.06. The molecule has 7 heteroatoms. The Morgan fingerprint density at radius 1 is 1.55 bits per heavy atom. The molecule has 2 rings (SSSR count). The molecule has 0 aromatic carbocycles. The van der Waals surface area contributed by atoms with Crippen LogP contribution >= 0.6 is 11.6 Å². The fourth-order valence-corrected chi connectivity index (χ4v) is 2.24. The summed E-state index contributed by atoms with van der Waals surface area (Å²) in [5.41, 5.74) is 0.907. The van der Waals surface area contributed by atoms with Crippen molar-refractivity contribution in [2.45, 2.75) is 25.6 Å². The van der Waals surface area contributed by atoms with E-state index in [-0.39, 0.29) is 13.0 Å². The largest absolute Gasteiger partial charge is 0.466 e. The van der Waals surface area contributed by atoms with Crippen molar-refractivity contribution >= 4 is 28.6 Å². The van der Waals surface area contributed by atoms with Crippen molar-refractivity contribution in [3.05, 3.63) is 29.0 Å². The van der Waals surface area contributed by atoms with Gasteiger partial charge in [-0.25, -0.2) is 4.98 Å². The molecule has 0 bridgehead atoms. The van der Waals surface area contributed by atoms with Gasteiger partial charge in [0.15, 0.2) is 0 Å². The number of carbonyl (C=O) groups excluding carboxylic acids is 1. The fourth-order valence-electron chi connectivity index (χ4n) is 1.98. The lowest BCUT2D eigenvalue weighted by atomic mass is 10.0. The van der Waals surface area contributed by atoms with Crippen LogP contribution in [0.25, 0.3) is 11.0 Å². The summed E-state index contributed by atoms with van der Waals surface area (Å²) in [6.07, 6.45) is 0.230. The SMILES string of the molecule is CCOC(=O)CC(O)C(O)c1c[nH]c2nccc(Cl)c12. The predicted molar refractivity (Wildman–Crippen MR) is 73.3 cm³/mol. The third-order valence-corrected chi connectivity index (χ3v) is 3.23. The van der Waals surface area contributed by atoms with Crippen molar-refractivity contribution in [3.8, 4) is 0 Å². The first-order chi connectivity index (χ1) is 9.54. The Bertz CT molecular complexity index is 613. The van der Waals surface area contributed by atoms with Gasteiger partial charge in [0.2, 0.25) is 0 Å². The number of aromatic amines is 1. The van der Waals surface area contributed by atoms with Crippen molar-refractivity contribution in [1.29, 1.82) is 0 Å². The van der Waals surface area contributed by atoms with E-state index in [2.05, 4.69) is 9.97 Å². The van der Waals surface area contributed by atoms with Gasteiger partial charge in [-0.3, -0.25) is 4.79 Å². The number of esters is 1. The van der Waals surface area contributed by atoms with Gasteiger partial charge in [0, 0.05) is 23.3 Å². The molecule has 6 nitrogen and oxygen atoms in total. The molecule has 0 aliphatic heterocycles. The number of aromatic nitrogens is 2. The van der Waals surface area contributed by atoms with Crippen LogP contribution in [0.4, 0.5) is 0 Å². The smallest absolute Gasteiger partial charge is 0.308 e. The molecule has 0 saturated carbocycles. The Balaban J connectivity index is 2.23. The summed E-state index contributed by atoms with van der Waals surface area (Å²) in [6.45, 7) is 1.90. The molecule has 2 unspecified atom stereocenters. The summed E-state index contributed by atoms with van der Waals surface area (Å²) in [5.74, 6) is -0.567. The van der Waals surface area contributed by atoms with E-state index >= 15 is 0 Å². The number of carbonyl (C=O) groups is 1. The maximum Gasteiger partial charge on any atom is 0.308 e. The second-order valence-electron chi connectivity index (χ2n) is 4.28. The lowest BCUT2D eigenvalue weighted by Crippen LogP contribution is -2.23. The molecule has 2 aromatic rings. The van der Waals surface area contributed by atoms with Crippen molar-refractivity contribution < 1.29 is 19.7 Å². The number of H-pyrrole nitrogens is 1. The minimum atomic E-state index is -1.27. The highest BCUT2D eigenvalue weighted by molar-refractivity contribution is 6.35. The van der Waals surface area contributed by atoms with Gasteiger partial charge in [-0.1, -0.05) is 11.6 Å². The van der Waals surface area contributed by atoms with Crippen LogP contribution in [0.1, 0.15) is 25.0 Å². The van der Waals surface area contributed by atoms with Crippen LogP contribution in [0.5, 0.6) is 0 Å². The monoisotopic (exact) mass is 298 g/mol. The zero-order valence-corrected chi connectivity index (χ0v) is 11.6. The average molecular weight is 299 g/mol. The van der Waals surface area contributed by atoms with E-state index in [1.807, 2.05) is 0 Å². The molecule has 0 aliphatic rings. The number of halogens is 1. The summed E-state index contributed by atoms with van der Waals surface area (Å²) in [4.78, 5) is 18.2. The number of nitrogens with zero attached hydrogens (tertiary/aromatic N) is 1. The number of fused-ring (bicyclic) bond motifs is 1. The first-order valence-electron chi connectivity index (χ1n) is 6.17. The third kappa shape index (κ3) is 2.92. The molecule has 2 aromatic heterocycles. The van der Waals surface area contributed by atoms with E-state index in [4.69, 9.17) is 16.3 Å². The Hall–Kier alpha value is -1.63. The molecular weight excluding hydrogens is 284 g/mol. The van der Waals surface area contributed by atoms with Gasteiger partial charge >= 0.3 is 5.97 Å². The van der Waals surface area contributed by atoms with Crippen molar-refractivity contribution in [2.24, 2.45) is 0 Å². The zero-order chi connectivity index (χ0) is 14.7. The summed E-state index contributed by atoms with van der Waals surface area (Å²) in [6, 6.07) is 1.59. The Labute approximate surface area is 120 Å². The fraction of sp³-hybridized carbons (Fsp3) is 0.385. The average Bonchev–Trinajstić information content (AvgIpc) is 2.83. The molecule has 0 radical (unpaired) electrons. The van der Waals surface area contributed by atoms with E-state index in [9.17, 15) is 15.0 Å². The highest BCUT2D eigenvalue weighted by Crippen LogP contribution is 2.31. The Kier molecular flexibility index (Phi) is 4.59. The number of ether oxygens (including phenoxy) is 1. The number of pyridine rings is 1. The standard InChI is InChI=1S/C13H15ClN2O4/c1-2-20-10(18)5-9(17)12(19)7-6-16-13-11(7)8(14)3-4-15-13/h3-4,6,9,12,17,19H,2,5H2,1H3,(H,15,16). The van der Waals surface area contributed by atoms with Gasteiger partial charge in [-0.2, -0.15) is 0 Å². The van der Waals surface area contributed by atoms with E-state index in [0.29, 0.717) is 21.6 Å². The van der Waals surface area contributed by atoms with E-state index in [1.165, 1.54) is 12.4 Å². The van der Waals surface area contributed by atoms with Gasteiger partial charge in [0.25, 0.3) is 0 Å². The van der Waals surface area contributed by atoms with Crippen LogP contribution in [0, 0.1) is 0 Å². The second-order valence-corrected chi connectivity index (χ2v) is 4.69. The van der Waals surface area contributed by atoms with Crippen LogP contribution in [-0.2, 0) is 9.53 Å². The molecular formula is C13H15ClN2O4. The van der Waals surface area contributed by atoms with E-state index in [0.717, 1.165) is 0 Å². The maximum absolute atomic E-state index is 11.3. The topological polar surface area (TPSA) is 95.4 Å². The summed E-state index contributed by atoms with van der Waals surface area (Å²) < 4.78 is 4.73. The minimum absolute atomic E-state index is 0.227. The molecule has 3 N–H and O–H groups in total. The second kappa shape index (κ2) is 6.21. The number of aliphatic hydroxyl groups excluding tert-OH is 2. The van der Waals surface area contributed by atoms with Gasteiger partial charge in [0.1, 0.15) is 11.8 Å². The van der Waals surface area contributed by atoms with Crippen molar-refractivity contribution in [3.63, 3.8) is 0 Å². The van der Waals surface area contributed by atoms with Gasteiger partial charge in [-0.15, -0.1) is 0 Å². The number of rotatable bonds is 5. The molecule has 0 fully saturated rings. The van der Waals surface area contributed by atoms with Crippen LogP contribution in [0.2, 0.25) is 5.02 Å². The number of nitrogens with one attached hydrogen (secondary N) is 1. The first-order valence-corrected chi connectivity index (χ1v) is 6.55. The lowest BCUT2D eigenvalue weighted by molar-refractivity contribution is -0.147. The number of hydrogen-bond donors (Lipinski definition) is 3. The molecule has 0 spiro atoms. The Morgan fingerprint density at radius 3 is 3.00 bits per heavy atom. The van der Waals surface area contributed by atoms with Crippen molar-refractivity contribution in [2.75, 3.05) is 6.61 Å². The summed E-state index contributed by atoms with van der Waals surface area (Å²) in [5, 5.41) is 21.0. The molecule has 2 atom stereocenters. The Morgan fingerprint density at radius 2 is 2.30 bits per heavy atom. The zero-order valence-electron chi connectivity index (χ0n) is 10.8. The van der Waals surface area contributed by atoms with Crippen LogP contribution in [0.3, 0.4) is 0 Å². The highest BCUT2D eigenvalue weighted by Gasteiger charge is 2.25.